The van der Waals surface area contributed by atoms with Gasteiger partial charge in [-0.15, -0.1) is 0 Å². The SMILES string of the molecule is C/C(=N\NC(=N)N)c1ccn(S(=O)(=O)c2ccc(C)cc2)c1. The van der Waals surface area contributed by atoms with Crippen LogP contribution in [0.2, 0.25) is 0 Å². The van der Waals surface area contributed by atoms with Crippen LogP contribution in [0.15, 0.2) is 52.7 Å². The predicted molar refractivity (Wildman–Crippen MR) is 85.5 cm³/mol. The van der Waals surface area contributed by atoms with Crippen LogP contribution in [0.5, 0.6) is 0 Å². The maximum atomic E-state index is 12.5. The zero-order valence-corrected chi connectivity index (χ0v) is 13.1. The van der Waals surface area contributed by atoms with Crippen molar-refractivity contribution in [2.24, 2.45) is 10.8 Å². The van der Waals surface area contributed by atoms with Crippen LogP contribution < -0.4 is 11.2 Å². The van der Waals surface area contributed by atoms with Crippen LogP contribution in [0.1, 0.15) is 18.1 Å². The van der Waals surface area contributed by atoms with E-state index in [1.807, 2.05) is 6.92 Å². The molecule has 0 atom stereocenters. The van der Waals surface area contributed by atoms with E-state index < -0.39 is 10.0 Å². The summed E-state index contributed by atoms with van der Waals surface area (Å²) in [4.78, 5) is 0.219. The van der Waals surface area contributed by atoms with Gasteiger partial charge in [0.05, 0.1) is 10.6 Å². The van der Waals surface area contributed by atoms with Gasteiger partial charge in [-0.05, 0) is 32.0 Å². The number of rotatable bonds is 4. The molecule has 0 saturated carbocycles. The Kier molecular flexibility index (Phi) is 4.32. The Morgan fingerprint density at radius 3 is 2.50 bits per heavy atom. The highest BCUT2D eigenvalue weighted by Gasteiger charge is 2.16. The maximum absolute atomic E-state index is 12.5. The monoisotopic (exact) mass is 319 g/mol. The van der Waals surface area contributed by atoms with Crippen LogP contribution in [0.25, 0.3) is 0 Å². The first-order chi connectivity index (χ1) is 10.3. The van der Waals surface area contributed by atoms with Crippen LogP contribution >= 0.6 is 0 Å². The standard InChI is InChI=1S/C14H17N5O2S/c1-10-3-5-13(6-4-10)22(20,21)19-8-7-12(9-19)11(2)17-18-14(15)16/h3-9H,1-2H3,(H4,15,16,18)/b17-11+. The topological polar surface area (TPSA) is 113 Å². The summed E-state index contributed by atoms with van der Waals surface area (Å²) in [6, 6.07) is 8.28. The summed E-state index contributed by atoms with van der Waals surface area (Å²) in [5.74, 6) is -0.286. The van der Waals surface area contributed by atoms with Gasteiger partial charge in [0.2, 0.25) is 5.96 Å². The number of nitrogens with zero attached hydrogens (tertiary/aromatic N) is 2. The summed E-state index contributed by atoms with van der Waals surface area (Å²) in [7, 11) is -3.63. The highest BCUT2D eigenvalue weighted by molar-refractivity contribution is 7.90. The fourth-order valence-electron chi connectivity index (χ4n) is 1.78. The van der Waals surface area contributed by atoms with Gasteiger partial charge in [0.15, 0.2) is 0 Å². The summed E-state index contributed by atoms with van der Waals surface area (Å²) >= 11 is 0. The third-order valence-corrected chi connectivity index (χ3v) is 4.68. The lowest BCUT2D eigenvalue weighted by molar-refractivity contribution is 0.587. The van der Waals surface area contributed by atoms with Crippen molar-refractivity contribution in [2.75, 3.05) is 0 Å². The molecule has 0 spiro atoms. The lowest BCUT2D eigenvalue weighted by Gasteiger charge is -2.06. The van der Waals surface area contributed by atoms with Gasteiger partial charge in [-0.2, -0.15) is 5.10 Å². The fraction of sp³-hybridized carbons (Fsp3) is 0.143. The molecule has 0 saturated heterocycles. The first-order valence-electron chi connectivity index (χ1n) is 6.45. The summed E-state index contributed by atoms with van der Waals surface area (Å²) < 4.78 is 26.1. The second-order valence-corrected chi connectivity index (χ2v) is 6.61. The second-order valence-electron chi connectivity index (χ2n) is 4.77. The number of hydrazone groups is 1. The van der Waals surface area contributed by atoms with E-state index in [1.54, 1.807) is 37.3 Å². The lowest BCUT2D eigenvalue weighted by Crippen LogP contribution is -2.26. The lowest BCUT2D eigenvalue weighted by atomic mass is 10.2. The number of nitrogens with two attached hydrogens (primary N) is 1. The number of nitrogens with one attached hydrogen (secondary N) is 2. The molecular formula is C14H17N5O2S. The van der Waals surface area contributed by atoms with Crippen molar-refractivity contribution in [3.8, 4) is 0 Å². The highest BCUT2D eigenvalue weighted by atomic mass is 32.2. The average molecular weight is 319 g/mol. The molecule has 4 N–H and O–H groups in total. The zero-order valence-electron chi connectivity index (χ0n) is 12.2. The van der Waals surface area contributed by atoms with Gasteiger partial charge in [-0.1, -0.05) is 17.7 Å². The molecule has 0 amide bonds. The van der Waals surface area contributed by atoms with Crippen molar-refractivity contribution in [1.82, 2.24) is 9.40 Å². The minimum atomic E-state index is -3.63. The predicted octanol–water partition coefficient (Wildman–Crippen LogP) is 1.24. The zero-order chi connectivity index (χ0) is 16.3. The van der Waals surface area contributed by atoms with E-state index in [0.717, 1.165) is 9.54 Å². The average Bonchev–Trinajstić information content (AvgIpc) is 2.95. The maximum Gasteiger partial charge on any atom is 0.267 e. The molecule has 2 rings (SSSR count). The van der Waals surface area contributed by atoms with E-state index in [2.05, 4.69) is 10.5 Å². The molecular weight excluding hydrogens is 302 g/mol. The van der Waals surface area contributed by atoms with Crippen molar-refractivity contribution >= 4 is 21.7 Å². The van der Waals surface area contributed by atoms with Crippen LogP contribution in [-0.4, -0.2) is 24.1 Å². The molecule has 22 heavy (non-hydrogen) atoms. The summed E-state index contributed by atoms with van der Waals surface area (Å²) in [5.41, 5.74) is 9.59. The molecule has 0 fully saturated rings. The molecule has 116 valence electrons. The van der Waals surface area contributed by atoms with Gasteiger partial charge in [0.25, 0.3) is 10.0 Å². The highest BCUT2D eigenvalue weighted by Crippen LogP contribution is 2.16. The molecule has 1 aromatic heterocycles. The number of aryl methyl sites for hydroxylation is 1. The van der Waals surface area contributed by atoms with E-state index in [1.165, 1.54) is 12.4 Å². The van der Waals surface area contributed by atoms with Gasteiger partial charge < -0.3 is 5.73 Å². The van der Waals surface area contributed by atoms with Crippen LogP contribution in [-0.2, 0) is 10.0 Å². The number of benzene rings is 1. The summed E-state index contributed by atoms with van der Waals surface area (Å²) in [6.45, 7) is 3.58. The summed E-state index contributed by atoms with van der Waals surface area (Å²) in [5, 5.41) is 10.9. The van der Waals surface area contributed by atoms with Crippen molar-refractivity contribution in [1.29, 1.82) is 5.41 Å². The van der Waals surface area contributed by atoms with Gasteiger partial charge in [-0.25, -0.2) is 17.8 Å². The molecule has 2 aromatic rings. The Morgan fingerprint density at radius 1 is 1.27 bits per heavy atom. The van der Waals surface area contributed by atoms with Gasteiger partial charge in [0, 0.05) is 18.0 Å². The minimum absolute atomic E-state index is 0.219. The first kappa shape index (κ1) is 15.8. The largest absolute Gasteiger partial charge is 0.369 e. The Morgan fingerprint density at radius 2 is 1.91 bits per heavy atom. The molecule has 0 unspecified atom stereocenters. The van der Waals surface area contributed by atoms with E-state index in [0.29, 0.717) is 11.3 Å². The number of guanidine groups is 1. The van der Waals surface area contributed by atoms with Crippen molar-refractivity contribution in [2.45, 2.75) is 18.7 Å². The van der Waals surface area contributed by atoms with Crippen molar-refractivity contribution in [3.63, 3.8) is 0 Å². The molecule has 7 nitrogen and oxygen atoms in total. The van der Waals surface area contributed by atoms with Crippen LogP contribution in [0.3, 0.4) is 0 Å². The molecule has 0 aliphatic rings. The van der Waals surface area contributed by atoms with E-state index >= 15 is 0 Å². The molecule has 0 aliphatic heterocycles. The van der Waals surface area contributed by atoms with Gasteiger partial charge in [-0.3, -0.25) is 5.41 Å². The Hall–Kier alpha value is -2.61. The summed E-state index contributed by atoms with van der Waals surface area (Å²) in [6.07, 6.45) is 2.92. The molecule has 8 heteroatoms. The Labute approximate surface area is 129 Å². The van der Waals surface area contributed by atoms with Crippen molar-refractivity contribution in [3.05, 3.63) is 53.9 Å². The van der Waals surface area contributed by atoms with E-state index in [4.69, 9.17) is 11.1 Å². The molecule has 1 aromatic carbocycles. The van der Waals surface area contributed by atoms with Gasteiger partial charge >= 0.3 is 0 Å². The Balaban J connectivity index is 2.32. The molecule has 0 radical (unpaired) electrons. The molecule has 0 aliphatic carbocycles. The quantitative estimate of drug-likeness (QED) is 0.447. The minimum Gasteiger partial charge on any atom is -0.369 e. The van der Waals surface area contributed by atoms with Crippen LogP contribution in [0, 0.1) is 12.3 Å². The van der Waals surface area contributed by atoms with E-state index in [9.17, 15) is 8.42 Å². The number of hydrogen-bond acceptors (Lipinski definition) is 4. The van der Waals surface area contributed by atoms with Crippen molar-refractivity contribution < 1.29 is 8.42 Å². The van der Waals surface area contributed by atoms with Gasteiger partial charge in [0.1, 0.15) is 0 Å². The first-order valence-corrected chi connectivity index (χ1v) is 7.89. The molecule has 0 bridgehead atoms. The third kappa shape index (κ3) is 3.34. The smallest absolute Gasteiger partial charge is 0.267 e. The fourth-order valence-corrected chi connectivity index (χ4v) is 2.98. The number of hydrogen-bond donors (Lipinski definition) is 3. The Bertz CT molecular complexity index is 819. The second kappa shape index (κ2) is 6.02. The molecule has 1 heterocycles. The normalized spacial score (nSPS) is 12.2. The number of aromatic nitrogens is 1. The third-order valence-electron chi connectivity index (χ3n) is 3.03. The van der Waals surface area contributed by atoms with Crippen LogP contribution in [0.4, 0.5) is 0 Å². The van der Waals surface area contributed by atoms with E-state index in [-0.39, 0.29) is 10.9 Å².